The number of aromatic nitrogens is 2. The van der Waals surface area contributed by atoms with Crippen molar-refractivity contribution in [2.45, 2.75) is 44.9 Å². The van der Waals surface area contributed by atoms with Gasteiger partial charge >= 0.3 is 0 Å². The van der Waals surface area contributed by atoms with Crippen molar-refractivity contribution in [2.75, 3.05) is 6.54 Å². The third kappa shape index (κ3) is 2.45. The molecule has 4 aliphatic rings. The molecule has 4 saturated carbocycles. The van der Waals surface area contributed by atoms with Crippen molar-refractivity contribution in [3.63, 3.8) is 0 Å². The molecule has 1 amide bonds. The fourth-order valence-corrected chi connectivity index (χ4v) is 5.36. The van der Waals surface area contributed by atoms with Gasteiger partial charge in [0.2, 0.25) is 5.91 Å². The predicted octanol–water partition coefficient (Wildman–Crippen LogP) is 2.35. The minimum Gasteiger partial charge on any atom is -0.355 e. The molecule has 0 atom stereocenters. The Morgan fingerprint density at radius 3 is 2.24 bits per heavy atom. The fraction of sp³-hybridized carbons (Fsp3) is 0.706. The summed E-state index contributed by atoms with van der Waals surface area (Å²) in [6.45, 7) is 0.702. The molecular weight excluding hydrogens is 262 g/mol. The lowest BCUT2D eigenvalue weighted by molar-refractivity contribution is -0.146. The molecule has 112 valence electrons. The second kappa shape index (κ2) is 5.08. The van der Waals surface area contributed by atoms with E-state index >= 15 is 0 Å². The first-order chi connectivity index (χ1) is 10.2. The highest BCUT2D eigenvalue weighted by Gasteiger charge is 2.54. The van der Waals surface area contributed by atoms with Gasteiger partial charge in [0.1, 0.15) is 6.33 Å². The lowest BCUT2D eigenvalue weighted by atomic mass is 9.49. The number of hydrogen-bond donors (Lipinski definition) is 1. The molecule has 0 aliphatic heterocycles. The van der Waals surface area contributed by atoms with E-state index in [1.807, 2.05) is 12.4 Å². The first kappa shape index (κ1) is 13.2. The molecule has 1 N–H and O–H groups in total. The zero-order valence-corrected chi connectivity index (χ0v) is 12.4. The first-order valence-electron chi connectivity index (χ1n) is 8.26. The molecule has 4 aliphatic carbocycles. The minimum atomic E-state index is -0.0259. The minimum absolute atomic E-state index is 0.0259. The molecule has 0 unspecified atom stereocenters. The number of rotatable bonds is 4. The van der Waals surface area contributed by atoms with Crippen molar-refractivity contribution in [1.82, 2.24) is 15.3 Å². The molecule has 4 nitrogen and oxygen atoms in total. The molecule has 0 saturated heterocycles. The Balaban J connectivity index is 1.37. The van der Waals surface area contributed by atoms with Crippen molar-refractivity contribution in [2.24, 2.45) is 23.2 Å². The highest BCUT2D eigenvalue weighted by Crippen LogP contribution is 2.60. The largest absolute Gasteiger partial charge is 0.355 e. The maximum atomic E-state index is 12.7. The summed E-state index contributed by atoms with van der Waals surface area (Å²) in [4.78, 5) is 20.8. The quantitative estimate of drug-likeness (QED) is 0.924. The highest BCUT2D eigenvalue weighted by atomic mass is 16.2. The van der Waals surface area contributed by atoms with Crippen LogP contribution >= 0.6 is 0 Å². The van der Waals surface area contributed by atoms with Crippen molar-refractivity contribution in [3.8, 4) is 0 Å². The van der Waals surface area contributed by atoms with E-state index in [1.165, 1.54) is 25.6 Å². The van der Waals surface area contributed by atoms with Crippen LogP contribution in [0.2, 0.25) is 0 Å². The maximum Gasteiger partial charge on any atom is 0.226 e. The Kier molecular flexibility index (Phi) is 3.20. The Labute approximate surface area is 125 Å². The SMILES string of the molecule is O=C(NCCc1cncnc1)C12CC3CC(CC(C3)C1)C2. The van der Waals surface area contributed by atoms with E-state index in [0.717, 1.165) is 49.0 Å². The van der Waals surface area contributed by atoms with E-state index in [2.05, 4.69) is 15.3 Å². The Morgan fingerprint density at radius 2 is 1.67 bits per heavy atom. The monoisotopic (exact) mass is 285 g/mol. The van der Waals surface area contributed by atoms with E-state index < -0.39 is 0 Å². The summed E-state index contributed by atoms with van der Waals surface area (Å²) >= 11 is 0. The fourth-order valence-electron chi connectivity index (χ4n) is 5.36. The zero-order valence-electron chi connectivity index (χ0n) is 12.4. The normalized spacial score (nSPS) is 36.7. The third-order valence-corrected chi connectivity index (χ3v) is 5.83. The van der Waals surface area contributed by atoms with Crippen LogP contribution in [0.25, 0.3) is 0 Å². The summed E-state index contributed by atoms with van der Waals surface area (Å²) in [5.41, 5.74) is 1.06. The topological polar surface area (TPSA) is 54.9 Å². The maximum absolute atomic E-state index is 12.7. The molecule has 0 spiro atoms. The first-order valence-corrected chi connectivity index (χ1v) is 8.26. The van der Waals surface area contributed by atoms with Crippen molar-refractivity contribution < 1.29 is 4.79 Å². The van der Waals surface area contributed by atoms with Crippen LogP contribution in [0.3, 0.4) is 0 Å². The van der Waals surface area contributed by atoms with Crippen LogP contribution in [0.15, 0.2) is 18.7 Å². The molecule has 0 aromatic carbocycles. The van der Waals surface area contributed by atoms with Crippen molar-refractivity contribution in [1.29, 1.82) is 0 Å². The van der Waals surface area contributed by atoms with Gasteiger partial charge < -0.3 is 5.32 Å². The molecule has 21 heavy (non-hydrogen) atoms. The number of amides is 1. The van der Waals surface area contributed by atoms with Gasteiger partial charge in [-0.1, -0.05) is 0 Å². The lowest BCUT2D eigenvalue weighted by Crippen LogP contribution is -2.53. The zero-order chi connectivity index (χ0) is 14.3. The number of carbonyl (C=O) groups excluding carboxylic acids is 1. The van der Waals surface area contributed by atoms with Crippen LogP contribution in [0.1, 0.15) is 44.1 Å². The number of carbonyl (C=O) groups is 1. The van der Waals surface area contributed by atoms with Gasteiger partial charge in [-0.25, -0.2) is 9.97 Å². The van der Waals surface area contributed by atoms with Crippen LogP contribution in [0.4, 0.5) is 0 Å². The summed E-state index contributed by atoms with van der Waals surface area (Å²) in [5.74, 6) is 2.79. The number of hydrogen-bond acceptors (Lipinski definition) is 3. The summed E-state index contributed by atoms with van der Waals surface area (Å²) in [6.07, 6.45) is 13.6. The highest BCUT2D eigenvalue weighted by molar-refractivity contribution is 5.83. The van der Waals surface area contributed by atoms with Crippen LogP contribution in [-0.2, 0) is 11.2 Å². The smallest absolute Gasteiger partial charge is 0.226 e. The van der Waals surface area contributed by atoms with Crippen molar-refractivity contribution >= 4 is 5.91 Å². The molecule has 0 radical (unpaired) electrons. The van der Waals surface area contributed by atoms with Gasteiger partial charge in [0.15, 0.2) is 0 Å². The summed E-state index contributed by atoms with van der Waals surface area (Å²) < 4.78 is 0. The molecule has 1 aromatic heterocycles. The summed E-state index contributed by atoms with van der Waals surface area (Å²) in [7, 11) is 0. The van der Waals surface area contributed by atoms with Crippen LogP contribution < -0.4 is 5.32 Å². The molecule has 4 fully saturated rings. The van der Waals surface area contributed by atoms with E-state index in [1.54, 1.807) is 0 Å². The van der Waals surface area contributed by atoms with Gasteiger partial charge in [0.25, 0.3) is 0 Å². The second-order valence-corrected chi connectivity index (χ2v) is 7.45. The van der Waals surface area contributed by atoms with E-state index in [9.17, 15) is 4.79 Å². The van der Waals surface area contributed by atoms with Gasteiger partial charge in [0.05, 0.1) is 0 Å². The number of nitrogens with one attached hydrogen (secondary N) is 1. The van der Waals surface area contributed by atoms with E-state index in [0.29, 0.717) is 12.5 Å². The second-order valence-electron chi connectivity index (χ2n) is 7.45. The molecule has 5 rings (SSSR count). The van der Waals surface area contributed by atoms with Gasteiger partial charge in [-0.3, -0.25) is 4.79 Å². The molecule has 1 aromatic rings. The van der Waals surface area contributed by atoms with Gasteiger partial charge in [-0.2, -0.15) is 0 Å². The van der Waals surface area contributed by atoms with Crippen molar-refractivity contribution in [3.05, 3.63) is 24.3 Å². The average molecular weight is 285 g/mol. The van der Waals surface area contributed by atoms with Crippen LogP contribution in [0.5, 0.6) is 0 Å². The summed E-state index contributed by atoms with van der Waals surface area (Å²) in [5, 5.41) is 3.19. The Bertz CT molecular complexity index is 493. The van der Waals surface area contributed by atoms with E-state index in [4.69, 9.17) is 0 Å². The lowest BCUT2D eigenvalue weighted by Gasteiger charge is -2.55. The molecule has 1 heterocycles. The standard InChI is InChI=1S/C17H23N3O/c21-16(20-2-1-12-9-18-11-19-10-12)17-6-13-3-14(7-17)5-15(4-13)8-17/h9-11,13-15H,1-8H2,(H,20,21). The van der Waals surface area contributed by atoms with Gasteiger partial charge in [-0.15, -0.1) is 0 Å². The molecule has 4 heteroatoms. The third-order valence-electron chi connectivity index (χ3n) is 5.83. The van der Waals surface area contributed by atoms with Gasteiger partial charge in [0, 0.05) is 24.4 Å². The molecule has 4 bridgehead atoms. The Morgan fingerprint density at radius 1 is 1.10 bits per heavy atom. The number of nitrogens with zero attached hydrogens (tertiary/aromatic N) is 2. The predicted molar refractivity (Wildman–Crippen MR) is 79.4 cm³/mol. The van der Waals surface area contributed by atoms with Crippen LogP contribution in [0, 0.1) is 23.2 Å². The summed E-state index contributed by atoms with van der Waals surface area (Å²) in [6, 6.07) is 0. The van der Waals surface area contributed by atoms with Crippen LogP contribution in [-0.4, -0.2) is 22.4 Å². The average Bonchev–Trinajstić information content (AvgIpc) is 2.47. The Hall–Kier alpha value is -1.45. The van der Waals surface area contributed by atoms with E-state index in [-0.39, 0.29) is 5.41 Å². The van der Waals surface area contributed by atoms with Gasteiger partial charge in [-0.05, 0) is 68.3 Å². The molecular formula is C17H23N3O.